The monoisotopic (exact) mass is 279 g/mol. The Morgan fingerprint density at radius 1 is 1.45 bits per heavy atom. The van der Waals surface area contributed by atoms with Crippen molar-refractivity contribution in [1.29, 1.82) is 0 Å². The van der Waals surface area contributed by atoms with Crippen molar-refractivity contribution in [3.63, 3.8) is 0 Å². The van der Waals surface area contributed by atoms with E-state index in [-0.39, 0.29) is 24.4 Å². The lowest BCUT2D eigenvalue weighted by atomic mass is 10.2. The summed E-state index contributed by atoms with van der Waals surface area (Å²) in [6, 6.07) is -0.0497. The van der Waals surface area contributed by atoms with Gasteiger partial charge in [0, 0.05) is 19.0 Å². The summed E-state index contributed by atoms with van der Waals surface area (Å²) in [5.74, 6) is -0.0329. The molecule has 1 atom stereocenters. The van der Waals surface area contributed by atoms with Gasteiger partial charge in [0.25, 0.3) is 0 Å². The van der Waals surface area contributed by atoms with E-state index in [1.165, 1.54) is 6.33 Å². The van der Waals surface area contributed by atoms with Crippen LogP contribution in [-0.4, -0.2) is 50.6 Å². The Kier molecular flexibility index (Phi) is 5.09. The summed E-state index contributed by atoms with van der Waals surface area (Å²) in [5.41, 5.74) is 0. The van der Waals surface area contributed by atoms with Crippen LogP contribution in [0.5, 0.6) is 0 Å². The predicted molar refractivity (Wildman–Crippen MR) is 72.7 cm³/mol. The lowest BCUT2D eigenvalue weighted by molar-refractivity contribution is -0.135. The molecular weight excluding hydrogens is 258 g/mol. The van der Waals surface area contributed by atoms with Crippen LogP contribution in [0.15, 0.2) is 12.7 Å². The number of carbonyl (C=O) groups is 2. The molecule has 2 rings (SSSR count). The third-order valence-electron chi connectivity index (χ3n) is 3.34. The van der Waals surface area contributed by atoms with Crippen LogP contribution in [0.2, 0.25) is 0 Å². The average molecular weight is 279 g/mol. The summed E-state index contributed by atoms with van der Waals surface area (Å²) in [7, 11) is 0. The first-order valence-electron chi connectivity index (χ1n) is 7.04. The summed E-state index contributed by atoms with van der Waals surface area (Å²) in [4.78, 5) is 29.3. The highest BCUT2D eigenvalue weighted by Crippen LogP contribution is 2.10. The van der Waals surface area contributed by atoms with Crippen molar-refractivity contribution in [2.24, 2.45) is 0 Å². The SMILES string of the molecule is C[C@H](Cn1cncn1)NC(=O)CN1CCCCCC1=O. The predicted octanol–water partition coefficient (Wildman–Crippen LogP) is 0.185. The van der Waals surface area contributed by atoms with E-state index in [1.54, 1.807) is 15.9 Å². The molecule has 2 heterocycles. The smallest absolute Gasteiger partial charge is 0.239 e. The molecule has 7 nitrogen and oxygen atoms in total. The van der Waals surface area contributed by atoms with Crippen LogP contribution in [0, 0.1) is 0 Å². The van der Waals surface area contributed by atoms with Crippen molar-refractivity contribution in [3.8, 4) is 0 Å². The number of hydrogen-bond acceptors (Lipinski definition) is 4. The summed E-state index contributed by atoms with van der Waals surface area (Å²) >= 11 is 0. The van der Waals surface area contributed by atoms with Crippen LogP contribution >= 0.6 is 0 Å². The largest absolute Gasteiger partial charge is 0.350 e. The van der Waals surface area contributed by atoms with Crippen molar-refractivity contribution in [1.82, 2.24) is 25.0 Å². The number of likely N-dealkylation sites (tertiary alicyclic amines) is 1. The van der Waals surface area contributed by atoms with Crippen molar-refractivity contribution in [2.45, 2.75) is 45.2 Å². The van der Waals surface area contributed by atoms with Gasteiger partial charge in [-0.1, -0.05) is 6.42 Å². The maximum Gasteiger partial charge on any atom is 0.239 e. The maximum absolute atomic E-state index is 12.0. The molecule has 2 amide bonds. The van der Waals surface area contributed by atoms with Gasteiger partial charge < -0.3 is 10.2 Å². The first kappa shape index (κ1) is 14.5. The van der Waals surface area contributed by atoms with Gasteiger partial charge >= 0.3 is 0 Å². The topological polar surface area (TPSA) is 80.1 Å². The normalized spacial score (nSPS) is 17.6. The number of nitrogens with one attached hydrogen (secondary N) is 1. The van der Waals surface area contributed by atoms with Crippen molar-refractivity contribution >= 4 is 11.8 Å². The van der Waals surface area contributed by atoms with Crippen LogP contribution in [0.25, 0.3) is 0 Å². The van der Waals surface area contributed by atoms with Crippen LogP contribution in [0.1, 0.15) is 32.6 Å². The fourth-order valence-corrected chi connectivity index (χ4v) is 2.35. The minimum absolute atomic E-state index is 0.0497. The van der Waals surface area contributed by atoms with Crippen LogP contribution < -0.4 is 5.32 Å². The highest BCUT2D eigenvalue weighted by atomic mass is 16.2. The van der Waals surface area contributed by atoms with Gasteiger partial charge in [-0.2, -0.15) is 5.10 Å². The standard InChI is InChI=1S/C13H21N5O2/c1-11(7-18-10-14-9-15-18)16-12(19)8-17-6-4-2-3-5-13(17)20/h9-11H,2-8H2,1H3,(H,16,19)/t11-/m1/s1. The Morgan fingerprint density at radius 2 is 2.30 bits per heavy atom. The maximum atomic E-state index is 12.0. The van der Waals surface area contributed by atoms with Gasteiger partial charge in [0.05, 0.1) is 13.1 Å². The number of amides is 2. The quantitative estimate of drug-likeness (QED) is 0.834. The Labute approximate surface area is 118 Å². The zero-order chi connectivity index (χ0) is 14.4. The van der Waals surface area contributed by atoms with Gasteiger partial charge in [0.15, 0.2) is 0 Å². The minimum atomic E-state index is -0.118. The fourth-order valence-electron chi connectivity index (χ4n) is 2.35. The Balaban J connectivity index is 1.77. The van der Waals surface area contributed by atoms with E-state index in [1.807, 2.05) is 6.92 Å². The number of rotatable bonds is 5. The molecule has 20 heavy (non-hydrogen) atoms. The van der Waals surface area contributed by atoms with E-state index in [2.05, 4.69) is 15.4 Å². The molecular formula is C13H21N5O2. The lowest BCUT2D eigenvalue weighted by Crippen LogP contribution is -2.44. The van der Waals surface area contributed by atoms with E-state index in [4.69, 9.17) is 0 Å². The Morgan fingerprint density at radius 3 is 3.05 bits per heavy atom. The molecule has 1 aromatic rings. The highest BCUT2D eigenvalue weighted by Gasteiger charge is 2.19. The molecule has 1 aromatic heterocycles. The summed E-state index contributed by atoms with van der Waals surface area (Å²) < 4.78 is 1.67. The first-order chi connectivity index (χ1) is 9.65. The molecule has 0 spiro atoms. The molecule has 0 unspecified atom stereocenters. The van der Waals surface area contributed by atoms with E-state index >= 15 is 0 Å². The molecule has 1 aliphatic rings. The van der Waals surface area contributed by atoms with E-state index < -0.39 is 0 Å². The van der Waals surface area contributed by atoms with Crippen molar-refractivity contribution in [3.05, 3.63) is 12.7 Å². The van der Waals surface area contributed by atoms with Gasteiger partial charge in [-0.3, -0.25) is 14.3 Å². The van der Waals surface area contributed by atoms with E-state index in [0.717, 1.165) is 19.3 Å². The van der Waals surface area contributed by atoms with Gasteiger partial charge in [-0.05, 0) is 19.8 Å². The fraction of sp³-hybridized carbons (Fsp3) is 0.692. The zero-order valence-electron chi connectivity index (χ0n) is 11.8. The molecule has 0 bridgehead atoms. The van der Waals surface area contributed by atoms with Gasteiger partial charge in [0.1, 0.15) is 12.7 Å². The second-order valence-electron chi connectivity index (χ2n) is 5.21. The zero-order valence-corrected chi connectivity index (χ0v) is 11.8. The minimum Gasteiger partial charge on any atom is -0.350 e. The van der Waals surface area contributed by atoms with Gasteiger partial charge in [0.2, 0.25) is 11.8 Å². The molecule has 110 valence electrons. The molecule has 0 saturated carbocycles. The summed E-state index contributed by atoms with van der Waals surface area (Å²) in [6.45, 7) is 3.31. The Bertz CT molecular complexity index is 446. The second-order valence-corrected chi connectivity index (χ2v) is 5.21. The molecule has 0 aromatic carbocycles. The van der Waals surface area contributed by atoms with Gasteiger partial charge in [-0.15, -0.1) is 0 Å². The third-order valence-corrected chi connectivity index (χ3v) is 3.34. The Hall–Kier alpha value is -1.92. The first-order valence-corrected chi connectivity index (χ1v) is 7.04. The third kappa shape index (κ3) is 4.32. The van der Waals surface area contributed by atoms with Gasteiger partial charge in [-0.25, -0.2) is 4.98 Å². The second kappa shape index (κ2) is 7.02. The van der Waals surface area contributed by atoms with Crippen molar-refractivity contribution < 1.29 is 9.59 Å². The van der Waals surface area contributed by atoms with Crippen LogP contribution in [0.3, 0.4) is 0 Å². The van der Waals surface area contributed by atoms with Crippen LogP contribution in [0.4, 0.5) is 0 Å². The van der Waals surface area contributed by atoms with Crippen LogP contribution in [-0.2, 0) is 16.1 Å². The number of aromatic nitrogens is 3. The molecule has 1 aliphatic heterocycles. The highest BCUT2D eigenvalue weighted by molar-refractivity contribution is 5.85. The lowest BCUT2D eigenvalue weighted by Gasteiger charge is -2.21. The summed E-state index contributed by atoms with van der Waals surface area (Å²) in [5, 5.41) is 6.88. The summed E-state index contributed by atoms with van der Waals surface area (Å²) in [6.07, 6.45) is 6.60. The number of carbonyl (C=O) groups excluding carboxylic acids is 2. The van der Waals surface area contributed by atoms with Crippen molar-refractivity contribution in [2.75, 3.05) is 13.1 Å². The molecule has 1 fully saturated rings. The number of nitrogens with zero attached hydrogens (tertiary/aromatic N) is 4. The molecule has 1 N–H and O–H groups in total. The van der Waals surface area contributed by atoms with E-state index in [9.17, 15) is 9.59 Å². The molecule has 7 heteroatoms. The molecule has 1 saturated heterocycles. The average Bonchev–Trinajstić information content (AvgIpc) is 2.81. The molecule has 0 radical (unpaired) electrons. The number of hydrogen-bond donors (Lipinski definition) is 1. The molecule has 0 aliphatic carbocycles. The van der Waals surface area contributed by atoms with E-state index in [0.29, 0.717) is 19.5 Å².